The smallest absolute Gasteiger partial charge is 0.227 e. The number of nitrogens with one attached hydrogen (secondary N) is 2. The Morgan fingerprint density at radius 2 is 1.64 bits per heavy atom. The van der Waals surface area contributed by atoms with Crippen LogP contribution < -0.4 is 5.32 Å². The van der Waals surface area contributed by atoms with Crippen molar-refractivity contribution in [2.45, 2.75) is 46.5 Å². The standard InChI is InChI=1S/C24H26N2O2/c1-14-7-6-8-15(2)21(14)23(27)22-16(3)25-20-12-11-18(13-19(20)22)26-24(28)17-9-4-5-10-17/h6-8,11-13,17,25H,4-5,9-10H2,1-3H3,(H,26,28). The van der Waals surface area contributed by atoms with Crippen LogP contribution in [0.5, 0.6) is 0 Å². The molecule has 0 unspecified atom stereocenters. The average Bonchev–Trinajstić information content (AvgIpc) is 3.28. The summed E-state index contributed by atoms with van der Waals surface area (Å²) in [5, 5.41) is 3.91. The summed E-state index contributed by atoms with van der Waals surface area (Å²) in [4.78, 5) is 29.2. The summed E-state index contributed by atoms with van der Waals surface area (Å²) in [5.41, 5.74) is 5.90. The first-order valence-corrected chi connectivity index (χ1v) is 10.00. The predicted molar refractivity (Wildman–Crippen MR) is 113 cm³/mol. The fourth-order valence-electron chi connectivity index (χ4n) is 4.43. The Morgan fingerprint density at radius 3 is 2.32 bits per heavy atom. The molecule has 3 aromatic rings. The number of amides is 1. The van der Waals surface area contributed by atoms with E-state index in [0.29, 0.717) is 5.56 Å². The van der Waals surface area contributed by atoms with Crippen molar-refractivity contribution in [3.05, 3.63) is 64.3 Å². The summed E-state index contributed by atoms with van der Waals surface area (Å²) in [7, 11) is 0. The van der Waals surface area contributed by atoms with E-state index in [0.717, 1.165) is 64.7 Å². The maximum absolute atomic E-state index is 13.4. The Balaban J connectivity index is 1.73. The van der Waals surface area contributed by atoms with Gasteiger partial charge in [0.15, 0.2) is 5.78 Å². The number of H-pyrrole nitrogens is 1. The molecule has 28 heavy (non-hydrogen) atoms. The number of rotatable bonds is 4. The minimum absolute atomic E-state index is 0.0265. The first-order valence-electron chi connectivity index (χ1n) is 10.00. The lowest BCUT2D eigenvalue weighted by molar-refractivity contribution is -0.119. The fourth-order valence-corrected chi connectivity index (χ4v) is 4.43. The molecule has 1 aliphatic carbocycles. The third-order valence-corrected chi connectivity index (χ3v) is 5.91. The Kier molecular flexibility index (Phi) is 4.80. The molecule has 0 atom stereocenters. The number of fused-ring (bicyclic) bond motifs is 1. The van der Waals surface area contributed by atoms with E-state index in [4.69, 9.17) is 0 Å². The van der Waals surface area contributed by atoms with Crippen LogP contribution in [0.3, 0.4) is 0 Å². The van der Waals surface area contributed by atoms with Crippen molar-refractivity contribution >= 4 is 28.3 Å². The quantitative estimate of drug-likeness (QED) is 0.596. The minimum atomic E-state index is 0.0265. The largest absolute Gasteiger partial charge is 0.358 e. The molecule has 0 bridgehead atoms. The lowest BCUT2D eigenvalue weighted by Crippen LogP contribution is -2.20. The molecule has 1 amide bonds. The molecule has 1 saturated carbocycles. The lowest BCUT2D eigenvalue weighted by atomic mass is 9.93. The van der Waals surface area contributed by atoms with Crippen LogP contribution >= 0.6 is 0 Å². The number of carbonyl (C=O) groups is 2. The first-order chi connectivity index (χ1) is 13.5. The second kappa shape index (κ2) is 7.27. The summed E-state index contributed by atoms with van der Waals surface area (Å²) in [6, 6.07) is 11.7. The molecular weight excluding hydrogens is 348 g/mol. The third-order valence-electron chi connectivity index (χ3n) is 5.91. The molecule has 0 radical (unpaired) electrons. The summed E-state index contributed by atoms with van der Waals surface area (Å²) in [6.45, 7) is 5.87. The van der Waals surface area contributed by atoms with Gasteiger partial charge in [-0.2, -0.15) is 0 Å². The lowest BCUT2D eigenvalue weighted by Gasteiger charge is -2.11. The molecule has 2 N–H and O–H groups in total. The van der Waals surface area contributed by atoms with E-state index in [2.05, 4.69) is 10.3 Å². The monoisotopic (exact) mass is 374 g/mol. The van der Waals surface area contributed by atoms with Crippen LogP contribution in [-0.2, 0) is 4.79 Å². The number of aryl methyl sites for hydroxylation is 3. The second-order valence-corrected chi connectivity index (χ2v) is 7.95. The number of aromatic nitrogens is 1. The summed E-state index contributed by atoms with van der Waals surface area (Å²) < 4.78 is 0. The van der Waals surface area contributed by atoms with Crippen LogP contribution in [0.2, 0.25) is 0 Å². The molecule has 2 aromatic carbocycles. The average molecular weight is 374 g/mol. The second-order valence-electron chi connectivity index (χ2n) is 7.95. The van der Waals surface area contributed by atoms with Gasteiger partial charge in [0.05, 0.1) is 5.56 Å². The Morgan fingerprint density at radius 1 is 0.964 bits per heavy atom. The number of hydrogen-bond donors (Lipinski definition) is 2. The van der Waals surface area contributed by atoms with Crippen molar-refractivity contribution in [2.24, 2.45) is 5.92 Å². The van der Waals surface area contributed by atoms with Gasteiger partial charge in [-0.25, -0.2) is 0 Å². The molecule has 0 saturated heterocycles. The van der Waals surface area contributed by atoms with Crippen molar-refractivity contribution in [1.29, 1.82) is 0 Å². The zero-order valence-electron chi connectivity index (χ0n) is 16.7. The molecule has 4 heteroatoms. The van der Waals surface area contributed by atoms with Crippen molar-refractivity contribution in [3.8, 4) is 0 Å². The molecule has 144 valence electrons. The van der Waals surface area contributed by atoms with E-state index in [1.165, 1.54) is 0 Å². The zero-order valence-corrected chi connectivity index (χ0v) is 16.7. The number of carbonyl (C=O) groups excluding carboxylic acids is 2. The Bertz CT molecular complexity index is 1050. The van der Waals surface area contributed by atoms with E-state index in [-0.39, 0.29) is 17.6 Å². The number of aromatic amines is 1. The van der Waals surface area contributed by atoms with Crippen LogP contribution in [0, 0.1) is 26.7 Å². The highest BCUT2D eigenvalue weighted by atomic mass is 16.2. The normalized spacial score (nSPS) is 14.5. The number of ketones is 1. The topological polar surface area (TPSA) is 62.0 Å². The molecule has 1 aliphatic rings. The number of hydrogen-bond acceptors (Lipinski definition) is 2. The van der Waals surface area contributed by atoms with Crippen molar-refractivity contribution < 1.29 is 9.59 Å². The highest BCUT2D eigenvalue weighted by Crippen LogP contribution is 2.30. The predicted octanol–water partition coefficient (Wildman–Crippen LogP) is 5.45. The van der Waals surface area contributed by atoms with E-state index >= 15 is 0 Å². The van der Waals surface area contributed by atoms with Crippen molar-refractivity contribution in [1.82, 2.24) is 4.98 Å². The molecule has 1 heterocycles. The highest BCUT2D eigenvalue weighted by molar-refractivity contribution is 6.19. The summed E-state index contributed by atoms with van der Waals surface area (Å²) >= 11 is 0. The van der Waals surface area contributed by atoms with Gasteiger partial charge in [-0.3, -0.25) is 9.59 Å². The molecule has 4 rings (SSSR count). The van der Waals surface area contributed by atoms with Crippen LogP contribution in [0.25, 0.3) is 10.9 Å². The van der Waals surface area contributed by atoms with E-state index in [1.54, 1.807) is 0 Å². The van der Waals surface area contributed by atoms with Gasteiger partial charge in [0.25, 0.3) is 0 Å². The van der Waals surface area contributed by atoms with Gasteiger partial charge in [0.1, 0.15) is 0 Å². The molecular formula is C24H26N2O2. The number of benzene rings is 2. The highest BCUT2D eigenvalue weighted by Gasteiger charge is 2.24. The van der Waals surface area contributed by atoms with Crippen molar-refractivity contribution in [3.63, 3.8) is 0 Å². The maximum atomic E-state index is 13.4. The van der Waals surface area contributed by atoms with Gasteiger partial charge in [0, 0.05) is 33.8 Å². The van der Waals surface area contributed by atoms with Crippen LogP contribution in [0.4, 0.5) is 5.69 Å². The van der Waals surface area contributed by atoms with Crippen LogP contribution in [0.1, 0.15) is 58.4 Å². The van der Waals surface area contributed by atoms with Crippen LogP contribution in [-0.4, -0.2) is 16.7 Å². The van der Waals surface area contributed by atoms with Crippen LogP contribution in [0.15, 0.2) is 36.4 Å². The van der Waals surface area contributed by atoms with Gasteiger partial charge in [-0.05, 0) is 62.9 Å². The maximum Gasteiger partial charge on any atom is 0.227 e. The van der Waals surface area contributed by atoms with Gasteiger partial charge in [-0.15, -0.1) is 0 Å². The summed E-state index contributed by atoms with van der Waals surface area (Å²) in [5.74, 6) is 0.227. The Labute approximate surface area is 165 Å². The van der Waals surface area contributed by atoms with Gasteiger partial charge >= 0.3 is 0 Å². The third kappa shape index (κ3) is 3.24. The minimum Gasteiger partial charge on any atom is -0.358 e. The molecule has 4 nitrogen and oxygen atoms in total. The first kappa shape index (κ1) is 18.5. The van der Waals surface area contributed by atoms with E-state index < -0.39 is 0 Å². The van der Waals surface area contributed by atoms with E-state index in [9.17, 15) is 9.59 Å². The summed E-state index contributed by atoms with van der Waals surface area (Å²) in [6.07, 6.45) is 4.19. The SMILES string of the molecule is Cc1cccc(C)c1C(=O)c1c(C)[nH]c2ccc(NC(=O)C3CCCC3)cc12. The number of anilines is 1. The zero-order chi connectivity index (χ0) is 19.8. The molecule has 1 fully saturated rings. The van der Waals surface area contributed by atoms with E-state index in [1.807, 2.05) is 57.2 Å². The van der Waals surface area contributed by atoms with Gasteiger partial charge < -0.3 is 10.3 Å². The molecule has 1 aromatic heterocycles. The van der Waals surface area contributed by atoms with Gasteiger partial charge in [-0.1, -0.05) is 31.0 Å². The Hall–Kier alpha value is -2.88. The van der Waals surface area contributed by atoms with Gasteiger partial charge in [0.2, 0.25) is 5.91 Å². The molecule has 0 aliphatic heterocycles. The fraction of sp³-hybridized carbons (Fsp3) is 0.333. The van der Waals surface area contributed by atoms with Crippen molar-refractivity contribution in [2.75, 3.05) is 5.32 Å². The molecule has 0 spiro atoms.